The van der Waals surface area contributed by atoms with Crippen molar-refractivity contribution in [2.24, 2.45) is 0 Å². The number of hydrogen-bond acceptors (Lipinski definition) is 17. The number of esters is 4. The number of allylic oxidation sites excluding steroid dienone is 1. The number of unbranched alkanes of at least 4 members (excludes halogenated alkanes) is 6. The van der Waals surface area contributed by atoms with E-state index in [-0.39, 0.29) is 29.0 Å². The number of benzene rings is 4. The van der Waals surface area contributed by atoms with Crippen LogP contribution in [0.2, 0.25) is 0 Å². The molecule has 0 unspecified atom stereocenters. The summed E-state index contributed by atoms with van der Waals surface area (Å²) in [6, 6.07) is 33.9. The molecule has 23 nitrogen and oxygen atoms in total. The van der Waals surface area contributed by atoms with Crippen LogP contribution in [0.15, 0.2) is 132 Å². The number of carbonyl (C=O) groups excluding carboxylic acids is 8. The Morgan fingerprint density at radius 1 is 0.495 bits per heavy atom. The Labute approximate surface area is 568 Å². The van der Waals surface area contributed by atoms with Crippen LogP contribution in [-0.4, -0.2) is 137 Å². The quantitative estimate of drug-likeness (QED) is 0.0188. The molecule has 0 saturated carbocycles. The normalized spacial score (nSPS) is 11.4. The maximum atomic E-state index is 12.2. The van der Waals surface area contributed by atoms with Crippen LogP contribution in [0.25, 0.3) is 6.08 Å². The predicted molar refractivity (Wildman–Crippen MR) is 367 cm³/mol. The molecule has 0 aliphatic rings. The van der Waals surface area contributed by atoms with Gasteiger partial charge < -0.3 is 44.8 Å². The van der Waals surface area contributed by atoms with E-state index in [9.17, 15) is 51.6 Å². The molecule has 512 valence electrons. The zero-order valence-corrected chi connectivity index (χ0v) is 57.1. The van der Waals surface area contributed by atoms with Gasteiger partial charge in [-0.05, 0) is 138 Å². The number of sulfonamides is 1. The van der Waals surface area contributed by atoms with Crippen LogP contribution in [0.3, 0.4) is 0 Å². The lowest BCUT2D eigenvalue weighted by atomic mass is 10.1. The van der Waals surface area contributed by atoms with Gasteiger partial charge in [-0.25, -0.2) is 31.9 Å². The summed E-state index contributed by atoms with van der Waals surface area (Å²) in [7, 11) is 4.87. The summed E-state index contributed by atoms with van der Waals surface area (Å²) < 4.78 is 44.4. The molecule has 5 aromatic rings. The number of nitrogens with one attached hydrogen (secondary N) is 4. The molecule has 4 atom stereocenters. The number of aryl methyl sites for hydroxylation is 1. The minimum absolute atomic E-state index is 0.0228. The Kier molecular flexibility index (Phi) is 38.9. The fourth-order valence-corrected chi connectivity index (χ4v) is 8.71. The largest absolute Gasteiger partial charge is 0.467 e. The van der Waals surface area contributed by atoms with Crippen molar-refractivity contribution >= 4 is 63.6 Å². The standard InChI is InChI=1S/C21H22N2O4.C18H24N2O5S.C17H20N2O3.C17H18N2O3/c1-16(21(26)27-2)22-20(25)18-11-8-10-17(15-18)9-4-3-6-13-23-14-7-5-12-19(23)24;1-14(18(22)25-4)19-17(21)16-11-8-10-15(13-16)9-6-5-7-12-26(23,24)20(2)3;2*1-13(17(21)22-2)19-16(20)15-10-7-9-14(12-15)8-5-3-4-6-11-18/h5,7-8,10-12,14-16H,3,6,13H2,1-2H3,(H,22,25);8,10-11,13-14H,5,7,12H2,1-4H3,(H,19,21);5,7-10,12-13H,3-4,6H2,1-2H3,(H,19,20);7,9-10,12-13H,3-4,6H2,1-2H3,(H,19,20)/b;;8-5-;/t16-;14-;2*13-/m1111/s1. The SMILES string of the molecule is COC(=O)[C@@H](C)NC(=O)c1cccc(/C=C\CCCC#N)c1.COC(=O)[C@@H](C)NC(=O)c1cccc(C#CCCCC#N)c1.COC(=O)[C@@H](C)NC(=O)c1cccc(C#CCCCS(=O)(=O)N(C)C)c1.COC(=O)[C@@H](C)NC(=O)c1cccc(C#CCCCn2ccccc2=O)c1. The molecular weight excluding hydrogens is 1260 g/mol. The third-order valence-electron chi connectivity index (χ3n) is 13.3. The van der Waals surface area contributed by atoms with Gasteiger partial charge in [0.2, 0.25) is 15.6 Å². The average molecular weight is 1350 g/mol. The number of nitrogens with zero attached hydrogens (tertiary/aromatic N) is 4. The average Bonchev–Trinajstić information content (AvgIpc) is 1.32. The lowest BCUT2D eigenvalue weighted by Crippen LogP contribution is -2.39. The summed E-state index contributed by atoms with van der Waals surface area (Å²) >= 11 is 0. The number of methoxy groups -OCH3 is 4. The van der Waals surface area contributed by atoms with Crippen molar-refractivity contribution in [3.63, 3.8) is 0 Å². The van der Waals surface area contributed by atoms with Crippen molar-refractivity contribution in [2.45, 2.75) is 123 Å². The second kappa shape index (κ2) is 46.1. The number of pyridine rings is 1. The lowest BCUT2D eigenvalue weighted by molar-refractivity contribution is -0.143. The van der Waals surface area contributed by atoms with Crippen LogP contribution in [-0.2, 0) is 54.7 Å². The highest BCUT2D eigenvalue weighted by Gasteiger charge is 2.21. The maximum Gasteiger partial charge on any atom is 0.328 e. The van der Waals surface area contributed by atoms with Gasteiger partial charge in [0.25, 0.3) is 23.6 Å². The van der Waals surface area contributed by atoms with E-state index in [0.717, 1.165) is 36.8 Å². The zero-order chi connectivity index (χ0) is 72.1. The van der Waals surface area contributed by atoms with Crippen molar-refractivity contribution in [3.8, 4) is 47.7 Å². The Hall–Kier alpha value is -11.1. The monoisotopic (exact) mass is 1340 g/mol. The molecule has 0 bridgehead atoms. The number of amides is 4. The maximum absolute atomic E-state index is 12.2. The van der Waals surface area contributed by atoms with Crippen molar-refractivity contribution in [1.82, 2.24) is 30.1 Å². The van der Waals surface area contributed by atoms with E-state index in [2.05, 4.69) is 87.9 Å². The number of hydrogen-bond donors (Lipinski definition) is 4. The highest BCUT2D eigenvalue weighted by molar-refractivity contribution is 7.89. The van der Waals surface area contributed by atoms with Gasteiger partial charge in [-0.2, -0.15) is 10.5 Å². The van der Waals surface area contributed by atoms with Crippen molar-refractivity contribution in [1.29, 1.82) is 10.5 Å². The molecule has 4 N–H and O–H groups in total. The number of nitriles is 2. The predicted octanol–water partition coefficient (Wildman–Crippen LogP) is 7.68. The van der Waals surface area contributed by atoms with Gasteiger partial charge in [-0.15, -0.1) is 0 Å². The minimum atomic E-state index is -3.21. The second-order valence-corrected chi connectivity index (χ2v) is 23.5. The van der Waals surface area contributed by atoms with E-state index in [1.165, 1.54) is 59.8 Å². The number of ether oxygens (including phenoxy) is 4. The molecule has 97 heavy (non-hydrogen) atoms. The Morgan fingerprint density at radius 3 is 1.25 bits per heavy atom. The van der Waals surface area contributed by atoms with Crippen molar-refractivity contribution in [2.75, 3.05) is 48.3 Å². The highest BCUT2D eigenvalue weighted by atomic mass is 32.2. The third kappa shape index (κ3) is 33.0. The van der Waals surface area contributed by atoms with Gasteiger partial charge in [0.15, 0.2) is 0 Å². The topological polar surface area (TPSA) is 329 Å². The highest BCUT2D eigenvalue weighted by Crippen LogP contribution is 2.12. The lowest BCUT2D eigenvalue weighted by Gasteiger charge is -2.11. The first-order valence-corrected chi connectivity index (χ1v) is 32.3. The van der Waals surface area contributed by atoms with Gasteiger partial charge in [0.1, 0.15) is 24.2 Å². The number of rotatable bonds is 25. The van der Waals surface area contributed by atoms with Gasteiger partial charge in [-0.1, -0.05) is 84.1 Å². The molecule has 0 saturated heterocycles. The molecular formula is C73H84N8O15S. The second-order valence-electron chi connectivity index (χ2n) is 21.1. The van der Waals surface area contributed by atoms with Crippen LogP contribution in [0.5, 0.6) is 0 Å². The fourth-order valence-electron chi connectivity index (χ4n) is 7.84. The molecule has 1 aromatic heterocycles. The molecule has 1 heterocycles. The summed E-state index contributed by atoms with van der Waals surface area (Å²) in [5, 5.41) is 27.2. The van der Waals surface area contributed by atoms with Crippen LogP contribution in [0.1, 0.15) is 156 Å². The first-order valence-electron chi connectivity index (χ1n) is 30.7. The molecule has 24 heteroatoms. The summed E-state index contributed by atoms with van der Waals surface area (Å²) in [4.78, 5) is 105. The van der Waals surface area contributed by atoms with Crippen LogP contribution in [0.4, 0.5) is 0 Å². The van der Waals surface area contributed by atoms with E-state index in [1.54, 1.807) is 123 Å². The van der Waals surface area contributed by atoms with Gasteiger partial charge in [0.05, 0.1) is 46.3 Å². The molecule has 0 radical (unpaired) electrons. The Balaban J connectivity index is 0.000000442. The van der Waals surface area contributed by atoms with Crippen LogP contribution < -0.4 is 26.8 Å². The number of carbonyl (C=O) groups is 8. The van der Waals surface area contributed by atoms with Gasteiger partial charge >= 0.3 is 23.9 Å². The van der Waals surface area contributed by atoms with Crippen molar-refractivity contribution < 1.29 is 65.7 Å². The van der Waals surface area contributed by atoms with E-state index in [0.29, 0.717) is 78.5 Å². The molecule has 0 aliphatic carbocycles. The summed E-state index contributed by atoms with van der Waals surface area (Å²) in [5.41, 5.74) is 4.66. The van der Waals surface area contributed by atoms with E-state index in [4.69, 9.17) is 10.5 Å². The van der Waals surface area contributed by atoms with Gasteiger partial charge in [0, 0.05) is 104 Å². The Morgan fingerprint density at radius 2 is 0.866 bits per heavy atom. The Bertz CT molecular complexity index is 3960. The van der Waals surface area contributed by atoms with E-state index >= 15 is 0 Å². The molecule has 5 rings (SSSR count). The van der Waals surface area contributed by atoms with Gasteiger partial charge in [-0.3, -0.25) is 24.0 Å². The minimum Gasteiger partial charge on any atom is -0.467 e. The molecule has 4 amide bonds. The summed E-state index contributed by atoms with van der Waals surface area (Å²) in [5.74, 6) is 14.4. The smallest absolute Gasteiger partial charge is 0.328 e. The number of aromatic nitrogens is 1. The summed E-state index contributed by atoms with van der Waals surface area (Å²) in [6.07, 6.45) is 12.0. The fraction of sp³-hybridized carbons (Fsp3) is 0.356. The summed E-state index contributed by atoms with van der Waals surface area (Å²) in [6.45, 7) is 6.84. The molecule has 0 fully saturated rings. The van der Waals surface area contributed by atoms with Crippen molar-refractivity contribution in [3.05, 3.63) is 182 Å². The zero-order valence-electron chi connectivity index (χ0n) is 56.3. The first-order chi connectivity index (χ1) is 46.3. The molecule has 4 aromatic carbocycles. The molecule has 0 spiro atoms. The van der Waals surface area contributed by atoms with E-state index in [1.807, 2.05) is 30.4 Å². The van der Waals surface area contributed by atoms with Crippen LogP contribution in [0, 0.1) is 58.2 Å². The molecule has 0 aliphatic heterocycles. The van der Waals surface area contributed by atoms with E-state index < -0.39 is 64.0 Å². The third-order valence-corrected chi connectivity index (χ3v) is 15.2. The van der Waals surface area contributed by atoms with Crippen LogP contribution >= 0.6 is 0 Å². The first kappa shape index (κ1) is 82.0.